The lowest BCUT2D eigenvalue weighted by Crippen LogP contribution is -2.54. The summed E-state index contributed by atoms with van der Waals surface area (Å²) < 4.78 is 0. The summed E-state index contributed by atoms with van der Waals surface area (Å²) in [5.41, 5.74) is 5.35. The van der Waals surface area contributed by atoms with Gasteiger partial charge in [0.15, 0.2) is 0 Å². The molecule has 192 valence electrons. The van der Waals surface area contributed by atoms with Crippen molar-refractivity contribution in [2.45, 2.75) is 93.9 Å². The van der Waals surface area contributed by atoms with E-state index in [1.165, 1.54) is 51.6 Å². The van der Waals surface area contributed by atoms with Gasteiger partial charge in [-0.25, -0.2) is 0 Å². The van der Waals surface area contributed by atoms with Crippen molar-refractivity contribution >= 4 is 0 Å². The van der Waals surface area contributed by atoms with Gasteiger partial charge in [-0.15, -0.1) is 0 Å². The molecule has 4 aliphatic heterocycles. The van der Waals surface area contributed by atoms with Crippen LogP contribution in [0.5, 0.6) is 0 Å². The van der Waals surface area contributed by atoms with Crippen molar-refractivity contribution in [3.63, 3.8) is 0 Å². The maximum absolute atomic E-state index is 2.77. The second-order valence-electron chi connectivity index (χ2n) is 10.7. The van der Waals surface area contributed by atoms with Crippen molar-refractivity contribution in [2.75, 3.05) is 39.3 Å². The maximum Gasteiger partial charge on any atom is 0.116 e. The zero-order valence-corrected chi connectivity index (χ0v) is 23.6. The molecule has 4 unspecified atom stereocenters. The van der Waals surface area contributed by atoms with E-state index < -0.39 is 0 Å². The van der Waals surface area contributed by atoms with Crippen LogP contribution >= 0.6 is 0 Å². The third-order valence-electron chi connectivity index (χ3n) is 9.47. The lowest BCUT2D eigenvalue weighted by molar-refractivity contribution is 0.112. The lowest BCUT2D eigenvalue weighted by atomic mass is 9.66. The molecule has 0 amide bonds. The minimum Gasteiger partial charge on any atom is -0.358 e. The number of rotatable bonds is 8. The van der Waals surface area contributed by atoms with Crippen LogP contribution in [0.3, 0.4) is 0 Å². The van der Waals surface area contributed by atoms with Crippen LogP contribution in [0.2, 0.25) is 0 Å². The minimum atomic E-state index is 0.592. The monoisotopic (exact) mass is 468 g/mol. The van der Waals surface area contributed by atoms with Crippen LogP contribution < -0.4 is 0 Å². The Bertz CT molecular complexity index is 705. The topological polar surface area (TPSA) is 13.0 Å². The fraction of sp³-hybridized carbons (Fsp3) is 0.800. The summed E-state index contributed by atoms with van der Waals surface area (Å²) in [7, 11) is 0. The Hall–Kier alpha value is -1.58. The van der Waals surface area contributed by atoms with Gasteiger partial charge in [-0.3, -0.25) is 0 Å². The van der Waals surface area contributed by atoms with Gasteiger partial charge >= 0.3 is 0 Å². The molecule has 0 N–H and O–H groups in total. The van der Waals surface area contributed by atoms with Gasteiger partial charge in [0.25, 0.3) is 0 Å². The number of allylic oxidation sites excluding steroid dienone is 3. The summed E-state index contributed by atoms with van der Waals surface area (Å²) in [4.78, 5) is 11.0. The first kappa shape index (κ1) is 25.5. The summed E-state index contributed by atoms with van der Waals surface area (Å²) in [6.45, 7) is 26.0. The summed E-state index contributed by atoms with van der Waals surface area (Å²) in [5.74, 6) is 7.37. The number of nitrogens with zero attached hydrogens (tertiary/aromatic N) is 4. The SMILES string of the molecule is CCC1CCN(CC)C2=C1C(CC)C1=C(N2CC)N(CC)C2=C(C(CC)CCN2CC)C1CC. The zero-order valence-electron chi connectivity index (χ0n) is 23.6. The van der Waals surface area contributed by atoms with E-state index >= 15 is 0 Å². The summed E-state index contributed by atoms with van der Waals surface area (Å²) >= 11 is 0. The van der Waals surface area contributed by atoms with Gasteiger partial charge in [0.05, 0.1) is 0 Å². The van der Waals surface area contributed by atoms with Crippen LogP contribution in [0.4, 0.5) is 0 Å². The van der Waals surface area contributed by atoms with Crippen LogP contribution in [0.25, 0.3) is 0 Å². The first-order valence-corrected chi connectivity index (χ1v) is 14.8. The van der Waals surface area contributed by atoms with Crippen molar-refractivity contribution in [1.29, 1.82) is 0 Å². The van der Waals surface area contributed by atoms with Crippen molar-refractivity contribution in [3.05, 3.63) is 34.2 Å². The highest BCUT2D eigenvalue weighted by molar-refractivity contribution is 5.47. The molecule has 0 aromatic rings. The fourth-order valence-electron chi connectivity index (χ4n) is 7.90. The van der Waals surface area contributed by atoms with E-state index in [1.807, 2.05) is 0 Å². The van der Waals surface area contributed by atoms with Gasteiger partial charge in [0, 0.05) is 51.1 Å². The Morgan fingerprint density at radius 3 is 1.21 bits per heavy atom. The highest BCUT2D eigenvalue weighted by Crippen LogP contribution is 2.55. The molecule has 0 saturated carbocycles. The van der Waals surface area contributed by atoms with Gasteiger partial charge in [-0.1, -0.05) is 27.7 Å². The molecule has 0 aliphatic carbocycles. The Kier molecular flexibility index (Phi) is 7.94. The van der Waals surface area contributed by atoms with E-state index in [4.69, 9.17) is 0 Å². The molecule has 0 spiro atoms. The molecule has 4 heterocycles. The molecular formula is C30H52N4. The van der Waals surface area contributed by atoms with Crippen LogP contribution in [0, 0.1) is 23.7 Å². The Labute approximate surface area is 210 Å². The minimum absolute atomic E-state index is 0.592. The van der Waals surface area contributed by atoms with E-state index in [0.29, 0.717) is 11.8 Å². The first-order chi connectivity index (χ1) is 16.6. The summed E-state index contributed by atoms with van der Waals surface area (Å²) in [6, 6.07) is 0. The van der Waals surface area contributed by atoms with Crippen molar-refractivity contribution in [1.82, 2.24) is 19.6 Å². The van der Waals surface area contributed by atoms with Crippen molar-refractivity contribution in [2.24, 2.45) is 23.7 Å². The van der Waals surface area contributed by atoms with Gasteiger partial charge in [0.1, 0.15) is 17.5 Å². The smallest absolute Gasteiger partial charge is 0.116 e. The number of hydrogen-bond donors (Lipinski definition) is 0. The second kappa shape index (κ2) is 10.6. The molecular weight excluding hydrogens is 416 g/mol. The highest BCUT2D eigenvalue weighted by Gasteiger charge is 2.49. The van der Waals surface area contributed by atoms with E-state index in [9.17, 15) is 0 Å². The third-order valence-corrected chi connectivity index (χ3v) is 9.47. The molecule has 0 aromatic heterocycles. The van der Waals surface area contributed by atoms with Gasteiger partial charge in [-0.2, -0.15) is 0 Å². The average molecular weight is 469 g/mol. The highest BCUT2D eigenvalue weighted by atomic mass is 15.5. The Balaban J connectivity index is 1.98. The quantitative estimate of drug-likeness (QED) is 0.386. The second-order valence-corrected chi connectivity index (χ2v) is 10.7. The predicted octanol–water partition coefficient (Wildman–Crippen LogP) is 6.85. The molecule has 4 atom stereocenters. The van der Waals surface area contributed by atoms with E-state index in [0.717, 1.165) is 38.0 Å². The molecule has 0 radical (unpaired) electrons. The lowest BCUT2D eigenvalue weighted by Gasteiger charge is -2.57. The Morgan fingerprint density at radius 2 is 0.912 bits per heavy atom. The molecule has 4 nitrogen and oxygen atoms in total. The molecule has 0 aromatic carbocycles. The molecule has 4 heteroatoms. The van der Waals surface area contributed by atoms with Crippen LogP contribution in [0.1, 0.15) is 93.9 Å². The van der Waals surface area contributed by atoms with E-state index in [1.54, 1.807) is 34.2 Å². The number of hydrogen-bond acceptors (Lipinski definition) is 4. The fourth-order valence-corrected chi connectivity index (χ4v) is 7.90. The van der Waals surface area contributed by atoms with Crippen molar-refractivity contribution < 1.29 is 0 Å². The van der Waals surface area contributed by atoms with Crippen molar-refractivity contribution in [3.8, 4) is 0 Å². The molecule has 0 saturated heterocycles. The van der Waals surface area contributed by atoms with E-state index in [-0.39, 0.29) is 0 Å². The zero-order chi connectivity index (χ0) is 24.6. The van der Waals surface area contributed by atoms with E-state index in [2.05, 4.69) is 75.0 Å². The van der Waals surface area contributed by atoms with Gasteiger partial charge in [-0.05, 0) is 94.8 Å². The van der Waals surface area contributed by atoms with Crippen LogP contribution in [-0.2, 0) is 0 Å². The van der Waals surface area contributed by atoms with Gasteiger partial charge in [0.2, 0.25) is 0 Å². The van der Waals surface area contributed by atoms with Gasteiger partial charge < -0.3 is 19.6 Å². The molecule has 4 rings (SSSR count). The molecule has 0 fully saturated rings. The third kappa shape index (κ3) is 3.69. The summed E-state index contributed by atoms with van der Waals surface area (Å²) in [5, 5.41) is 0. The summed E-state index contributed by atoms with van der Waals surface area (Å²) in [6.07, 6.45) is 7.65. The Morgan fingerprint density at radius 1 is 0.500 bits per heavy atom. The maximum atomic E-state index is 2.77. The van der Waals surface area contributed by atoms with Crippen LogP contribution in [0.15, 0.2) is 34.2 Å². The molecule has 34 heavy (non-hydrogen) atoms. The largest absolute Gasteiger partial charge is 0.358 e. The normalized spacial score (nSPS) is 29.6. The average Bonchev–Trinajstić information content (AvgIpc) is 2.88. The molecule has 0 bridgehead atoms. The first-order valence-electron chi connectivity index (χ1n) is 14.8. The van der Waals surface area contributed by atoms with Crippen LogP contribution in [-0.4, -0.2) is 58.9 Å². The predicted molar refractivity (Wildman–Crippen MR) is 145 cm³/mol. The molecule has 4 aliphatic rings. The standard InChI is InChI=1S/C30H52N4/c1-9-21-17-19-31(13-5)28-25(21)23(11-3)27-24(12-4)26-22(10-2)18-20-32(14-6)29(26)34(16-8)30(27)33(28)15-7/h21-24H,9-20H2,1-8H3.